The summed E-state index contributed by atoms with van der Waals surface area (Å²) >= 11 is 0. The van der Waals surface area contributed by atoms with Crippen LogP contribution in [0.2, 0.25) is 0 Å². The van der Waals surface area contributed by atoms with Gasteiger partial charge in [0.2, 0.25) is 11.5 Å². The Labute approximate surface area is 125 Å². The second kappa shape index (κ2) is 5.06. The van der Waals surface area contributed by atoms with Gasteiger partial charge in [-0.2, -0.15) is 0 Å². The molecule has 2 aromatic heterocycles. The van der Waals surface area contributed by atoms with E-state index in [0.29, 0.717) is 5.95 Å². The van der Waals surface area contributed by atoms with E-state index in [1.165, 1.54) is 0 Å². The van der Waals surface area contributed by atoms with Gasteiger partial charge in [-0.1, -0.05) is 19.9 Å². The molecule has 5 nitrogen and oxygen atoms in total. The van der Waals surface area contributed by atoms with E-state index in [-0.39, 0.29) is 16.5 Å². The number of aromatic nitrogens is 3. The molecule has 0 aliphatic heterocycles. The van der Waals surface area contributed by atoms with Gasteiger partial charge >= 0.3 is 0 Å². The molecule has 0 saturated carbocycles. The number of nitrogens with zero attached hydrogens (tertiary/aromatic N) is 2. The van der Waals surface area contributed by atoms with Gasteiger partial charge in [-0.15, -0.1) is 0 Å². The van der Waals surface area contributed by atoms with Crippen molar-refractivity contribution >= 4 is 5.95 Å². The lowest BCUT2D eigenvalue weighted by molar-refractivity contribution is 0.401. The Morgan fingerprint density at radius 2 is 1.90 bits per heavy atom. The predicted octanol–water partition coefficient (Wildman–Crippen LogP) is 2.43. The molecule has 2 heterocycles. The fraction of sp³-hybridized carbons (Fsp3) is 0.500. The Morgan fingerprint density at radius 3 is 2.38 bits per heavy atom. The van der Waals surface area contributed by atoms with Crippen LogP contribution in [0.3, 0.4) is 0 Å². The van der Waals surface area contributed by atoms with Gasteiger partial charge in [0.1, 0.15) is 0 Å². The zero-order valence-corrected chi connectivity index (χ0v) is 13.4. The number of imidazole rings is 1. The SMILES string of the molecule is CC(C)(Cc1cn(C(C)(C)C)c(N)n1)c1ccc(=O)[nH]c1. The van der Waals surface area contributed by atoms with E-state index < -0.39 is 0 Å². The lowest BCUT2D eigenvalue weighted by Crippen LogP contribution is -2.23. The smallest absolute Gasteiger partial charge is 0.247 e. The zero-order valence-electron chi connectivity index (χ0n) is 13.4. The minimum Gasteiger partial charge on any atom is -0.369 e. The molecule has 21 heavy (non-hydrogen) atoms. The van der Waals surface area contributed by atoms with Crippen LogP contribution in [0.25, 0.3) is 0 Å². The van der Waals surface area contributed by atoms with Crippen molar-refractivity contribution in [3.05, 3.63) is 46.1 Å². The first kappa shape index (κ1) is 15.4. The molecular weight excluding hydrogens is 264 g/mol. The van der Waals surface area contributed by atoms with Crippen molar-refractivity contribution in [1.29, 1.82) is 0 Å². The van der Waals surface area contributed by atoms with Crippen LogP contribution >= 0.6 is 0 Å². The maximum Gasteiger partial charge on any atom is 0.247 e. The number of nitrogens with one attached hydrogen (secondary N) is 1. The first-order valence-corrected chi connectivity index (χ1v) is 7.13. The summed E-state index contributed by atoms with van der Waals surface area (Å²) in [4.78, 5) is 18.4. The highest BCUT2D eigenvalue weighted by molar-refractivity contribution is 5.28. The van der Waals surface area contributed by atoms with E-state index in [1.807, 2.05) is 16.8 Å². The third kappa shape index (κ3) is 3.35. The Hall–Kier alpha value is -2.04. The van der Waals surface area contributed by atoms with Crippen LogP contribution in [0.5, 0.6) is 0 Å². The van der Waals surface area contributed by atoms with Gasteiger partial charge in [-0.05, 0) is 31.7 Å². The maximum atomic E-state index is 11.2. The van der Waals surface area contributed by atoms with E-state index in [4.69, 9.17) is 5.73 Å². The van der Waals surface area contributed by atoms with Gasteiger partial charge in [0.15, 0.2) is 0 Å². The van der Waals surface area contributed by atoms with Crippen LogP contribution in [0.15, 0.2) is 29.3 Å². The van der Waals surface area contributed by atoms with E-state index >= 15 is 0 Å². The molecule has 114 valence electrons. The highest BCUT2D eigenvalue weighted by atomic mass is 16.1. The van der Waals surface area contributed by atoms with Crippen LogP contribution in [0.1, 0.15) is 45.9 Å². The number of hydrogen-bond acceptors (Lipinski definition) is 3. The largest absolute Gasteiger partial charge is 0.369 e. The molecule has 0 unspecified atom stereocenters. The van der Waals surface area contributed by atoms with E-state index in [2.05, 4.69) is 44.6 Å². The molecule has 3 N–H and O–H groups in total. The number of pyridine rings is 1. The van der Waals surface area contributed by atoms with Crippen LogP contribution in [0.4, 0.5) is 5.95 Å². The van der Waals surface area contributed by atoms with Crippen molar-refractivity contribution in [1.82, 2.24) is 14.5 Å². The van der Waals surface area contributed by atoms with Crippen molar-refractivity contribution in [3.63, 3.8) is 0 Å². The van der Waals surface area contributed by atoms with E-state index in [1.54, 1.807) is 12.3 Å². The second-order valence-corrected chi connectivity index (χ2v) is 7.13. The van der Waals surface area contributed by atoms with Gasteiger partial charge < -0.3 is 15.3 Å². The van der Waals surface area contributed by atoms with Gasteiger partial charge in [-0.3, -0.25) is 4.79 Å². The van der Waals surface area contributed by atoms with Crippen LogP contribution < -0.4 is 11.3 Å². The summed E-state index contributed by atoms with van der Waals surface area (Å²) in [6.07, 6.45) is 4.54. The Kier molecular flexibility index (Phi) is 3.70. The van der Waals surface area contributed by atoms with E-state index in [0.717, 1.165) is 17.7 Å². The molecule has 0 atom stereocenters. The normalized spacial score (nSPS) is 12.6. The fourth-order valence-corrected chi connectivity index (χ4v) is 2.45. The van der Waals surface area contributed by atoms with Crippen LogP contribution in [-0.2, 0) is 17.4 Å². The maximum absolute atomic E-state index is 11.2. The van der Waals surface area contributed by atoms with Gasteiger partial charge in [0.05, 0.1) is 5.69 Å². The summed E-state index contributed by atoms with van der Waals surface area (Å²) in [5.74, 6) is 0.537. The average molecular weight is 288 g/mol. The minimum absolute atomic E-state index is 0.0859. The molecule has 0 spiro atoms. The van der Waals surface area contributed by atoms with Gasteiger partial charge in [-0.25, -0.2) is 4.98 Å². The van der Waals surface area contributed by atoms with Crippen LogP contribution in [0, 0.1) is 0 Å². The van der Waals surface area contributed by atoms with Gasteiger partial charge in [0, 0.05) is 30.4 Å². The molecule has 0 aliphatic rings. The summed E-state index contributed by atoms with van der Waals surface area (Å²) < 4.78 is 1.99. The third-order valence-electron chi connectivity index (χ3n) is 3.69. The van der Waals surface area contributed by atoms with E-state index in [9.17, 15) is 4.79 Å². The number of anilines is 1. The quantitative estimate of drug-likeness (QED) is 0.910. The Morgan fingerprint density at radius 1 is 1.24 bits per heavy atom. The molecule has 0 aliphatic carbocycles. The zero-order chi connectivity index (χ0) is 15.8. The van der Waals surface area contributed by atoms with Crippen molar-refractivity contribution in [3.8, 4) is 0 Å². The molecule has 0 fully saturated rings. The molecule has 0 aromatic carbocycles. The highest BCUT2D eigenvalue weighted by Crippen LogP contribution is 2.28. The standard InChI is InChI=1S/C16H24N4O/c1-15(2,3)20-10-12(19-14(20)17)8-16(4,5)11-6-7-13(21)18-9-11/h6-7,9-10H,8H2,1-5H3,(H2,17,19)(H,18,21). The molecule has 0 amide bonds. The Balaban J connectivity index is 2.28. The number of rotatable bonds is 3. The number of nitrogen functional groups attached to an aromatic ring is 1. The van der Waals surface area contributed by atoms with Crippen molar-refractivity contribution in [2.45, 2.75) is 52.0 Å². The molecule has 0 saturated heterocycles. The number of H-pyrrole nitrogens is 1. The first-order valence-electron chi connectivity index (χ1n) is 7.13. The number of aromatic amines is 1. The molecule has 0 bridgehead atoms. The Bertz CT molecular complexity index is 669. The van der Waals surface area contributed by atoms with Crippen molar-refractivity contribution < 1.29 is 0 Å². The lowest BCUT2D eigenvalue weighted by atomic mass is 9.81. The van der Waals surface area contributed by atoms with Crippen LogP contribution in [-0.4, -0.2) is 14.5 Å². The lowest BCUT2D eigenvalue weighted by Gasteiger charge is -2.24. The number of nitrogens with two attached hydrogens (primary N) is 1. The monoisotopic (exact) mass is 288 g/mol. The predicted molar refractivity (Wildman–Crippen MR) is 85.4 cm³/mol. The fourth-order valence-electron chi connectivity index (χ4n) is 2.45. The summed E-state index contributed by atoms with van der Waals surface area (Å²) in [5.41, 5.74) is 7.74. The van der Waals surface area contributed by atoms with Gasteiger partial charge in [0.25, 0.3) is 0 Å². The summed E-state index contributed by atoms with van der Waals surface area (Å²) in [6, 6.07) is 3.42. The molecule has 0 radical (unpaired) electrons. The number of hydrogen-bond donors (Lipinski definition) is 2. The molecular formula is C16H24N4O. The molecule has 2 rings (SSSR count). The summed E-state index contributed by atoms with van der Waals surface area (Å²) in [5, 5.41) is 0. The minimum atomic E-state index is -0.131. The molecule has 2 aromatic rings. The molecule has 5 heteroatoms. The second-order valence-electron chi connectivity index (χ2n) is 7.13. The average Bonchev–Trinajstić information content (AvgIpc) is 2.69. The van der Waals surface area contributed by atoms with Crippen molar-refractivity contribution in [2.24, 2.45) is 0 Å². The topological polar surface area (TPSA) is 76.7 Å². The van der Waals surface area contributed by atoms with Crippen molar-refractivity contribution in [2.75, 3.05) is 5.73 Å². The summed E-state index contributed by atoms with van der Waals surface area (Å²) in [7, 11) is 0. The highest BCUT2D eigenvalue weighted by Gasteiger charge is 2.25. The third-order valence-corrected chi connectivity index (χ3v) is 3.69. The first-order chi connectivity index (χ1) is 9.59. The summed E-state index contributed by atoms with van der Waals surface area (Å²) in [6.45, 7) is 10.6.